The number of benzene rings is 1. The van der Waals surface area contributed by atoms with Crippen molar-refractivity contribution >= 4 is 34.6 Å². The Balaban J connectivity index is 1.36. The van der Waals surface area contributed by atoms with Crippen LogP contribution in [0.25, 0.3) is 5.69 Å². The number of nitrogens with zero attached hydrogens (tertiary/aromatic N) is 2. The van der Waals surface area contributed by atoms with Gasteiger partial charge in [0.1, 0.15) is 6.10 Å². The lowest BCUT2D eigenvalue weighted by molar-refractivity contribution is 0.0755. The van der Waals surface area contributed by atoms with E-state index in [1.165, 1.54) is 11.3 Å². The fraction of sp³-hybridized carbons (Fsp3) is 0.190. The highest BCUT2D eigenvalue weighted by Gasteiger charge is 2.23. The molecule has 4 rings (SSSR count). The van der Waals surface area contributed by atoms with Crippen LogP contribution in [0.2, 0.25) is 4.34 Å². The molecule has 1 N–H and O–H groups in total. The number of amides is 1. The largest absolute Gasteiger partial charge is 0.390 e. The van der Waals surface area contributed by atoms with Crippen LogP contribution in [0.5, 0.6) is 0 Å². The maximum absolute atomic E-state index is 12.1. The van der Waals surface area contributed by atoms with Crippen molar-refractivity contribution in [3.63, 3.8) is 0 Å². The molecule has 29 heavy (non-hydrogen) atoms. The quantitative estimate of drug-likeness (QED) is 0.673. The van der Waals surface area contributed by atoms with E-state index < -0.39 is 0 Å². The van der Waals surface area contributed by atoms with Crippen molar-refractivity contribution in [3.8, 4) is 5.69 Å². The summed E-state index contributed by atoms with van der Waals surface area (Å²) >= 11 is 7.10. The van der Waals surface area contributed by atoms with Crippen LogP contribution >= 0.6 is 22.9 Å². The minimum atomic E-state index is -0.219. The summed E-state index contributed by atoms with van der Waals surface area (Å²) in [5.74, 6) is -0.174. The van der Waals surface area contributed by atoms with E-state index in [-0.39, 0.29) is 17.6 Å². The maximum Gasteiger partial charge on any atom is 0.261 e. The van der Waals surface area contributed by atoms with Crippen LogP contribution < -0.4 is 10.9 Å². The average Bonchev–Trinajstić information content (AvgIpc) is 3.36. The molecule has 1 aromatic carbocycles. The van der Waals surface area contributed by atoms with Crippen LogP contribution in [0.4, 0.5) is 0 Å². The third-order valence-electron chi connectivity index (χ3n) is 4.57. The number of pyridine rings is 1. The first-order chi connectivity index (χ1) is 14.0. The van der Waals surface area contributed by atoms with Crippen LogP contribution in [0.15, 0.2) is 64.7 Å². The van der Waals surface area contributed by atoms with Crippen LogP contribution in [0, 0.1) is 6.92 Å². The number of nitrogens with one attached hydrogen (secondary N) is 1. The Labute approximate surface area is 176 Å². The van der Waals surface area contributed by atoms with Crippen molar-refractivity contribution in [1.29, 1.82) is 0 Å². The Bertz CT molecular complexity index is 1130. The molecule has 1 aliphatic rings. The van der Waals surface area contributed by atoms with E-state index >= 15 is 0 Å². The molecule has 148 valence electrons. The van der Waals surface area contributed by atoms with Gasteiger partial charge in [0.05, 0.1) is 21.5 Å². The van der Waals surface area contributed by atoms with E-state index in [4.69, 9.17) is 16.4 Å². The van der Waals surface area contributed by atoms with Gasteiger partial charge in [-0.05, 0) is 48.4 Å². The lowest BCUT2D eigenvalue weighted by Crippen LogP contribution is -2.31. The van der Waals surface area contributed by atoms with Crippen molar-refractivity contribution in [3.05, 3.63) is 85.4 Å². The normalized spacial score (nSPS) is 15.7. The Morgan fingerprint density at radius 3 is 2.76 bits per heavy atom. The summed E-state index contributed by atoms with van der Waals surface area (Å²) in [6, 6.07) is 14.5. The molecule has 0 saturated heterocycles. The molecular weight excluding hydrogens is 410 g/mol. The highest BCUT2D eigenvalue weighted by molar-refractivity contribution is 7.17. The number of carbonyl (C=O) groups is 1. The Kier molecular flexibility index (Phi) is 5.51. The summed E-state index contributed by atoms with van der Waals surface area (Å²) in [7, 11) is 0. The lowest BCUT2D eigenvalue weighted by atomic mass is 10.0. The lowest BCUT2D eigenvalue weighted by Gasteiger charge is -2.09. The molecule has 0 aliphatic carbocycles. The zero-order valence-electron chi connectivity index (χ0n) is 15.6. The van der Waals surface area contributed by atoms with Crippen molar-refractivity contribution in [2.75, 3.05) is 6.54 Å². The van der Waals surface area contributed by atoms with Gasteiger partial charge in [-0.1, -0.05) is 28.9 Å². The molecule has 1 amide bonds. The second-order valence-corrected chi connectivity index (χ2v) is 8.46. The summed E-state index contributed by atoms with van der Waals surface area (Å²) in [6.07, 6.45) is 2.14. The third-order valence-corrected chi connectivity index (χ3v) is 5.80. The topological polar surface area (TPSA) is 72.7 Å². The van der Waals surface area contributed by atoms with Crippen molar-refractivity contribution in [1.82, 2.24) is 9.88 Å². The number of hydrogen-bond acceptors (Lipinski definition) is 5. The minimum Gasteiger partial charge on any atom is -0.390 e. The van der Waals surface area contributed by atoms with Crippen LogP contribution in [0.1, 0.15) is 27.2 Å². The molecule has 6 nitrogen and oxygen atoms in total. The molecule has 1 aliphatic heterocycles. The number of rotatable bonds is 5. The Hall–Kier alpha value is -2.90. The van der Waals surface area contributed by atoms with Crippen molar-refractivity contribution in [2.45, 2.75) is 19.4 Å². The van der Waals surface area contributed by atoms with E-state index in [1.54, 1.807) is 29.0 Å². The van der Waals surface area contributed by atoms with Gasteiger partial charge in [0.2, 0.25) is 0 Å². The molecule has 1 unspecified atom stereocenters. The van der Waals surface area contributed by atoms with Gasteiger partial charge < -0.3 is 10.2 Å². The van der Waals surface area contributed by atoms with E-state index in [2.05, 4.69) is 10.5 Å². The van der Waals surface area contributed by atoms with E-state index in [9.17, 15) is 9.59 Å². The monoisotopic (exact) mass is 427 g/mol. The second-order valence-electron chi connectivity index (χ2n) is 6.74. The second kappa shape index (κ2) is 8.23. The number of carbonyl (C=O) groups excluding carboxylic acids is 1. The van der Waals surface area contributed by atoms with Crippen molar-refractivity contribution in [2.24, 2.45) is 5.16 Å². The van der Waals surface area contributed by atoms with Gasteiger partial charge in [0.15, 0.2) is 0 Å². The summed E-state index contributed by atoms with van der Waals surface area (Å²) in [4.78, 5) is 30.3. The molecule has 0 fully saturated rings. The van der Waals surface area contributed by atoms with Gasteiger partial charge in [-0.15, -0.1) is 11.3 Å². The molecule has 1 atom stereocenters. The number of aromatic nitrogens is 1. The van der Waals surface area contributed by atoms with Gasteiger partial charge >= 0.3 is 0 Å². The van der Waals surface area contributed by atoms with E-state index in [1.807, 2.05) is 37.3 Å². The Morgan fingerprint density at radius 1 is 1.28 bits per heavy atom. The highest BCUT2D eigenvalue weighted by atomic mass is 35.5. The summed E-state index contributed by atoms with van der Waals surface area (Å²) in [5, 5.41) is 7.00. The zero-order valence-corrected chi connectivity index (χ0v) is 17.2. The molecule has 0 bridgehead atoms. The van der Waals surface area contributed by atoms with Gasteiger partial charge in [-0.2, -0.15) is 0 Å². The zero-order chi connectivity index (χ0) is 20.4. The summed E-state index contributed by atoms with van der Waals surface area (Å²) in [6.45, 7) is 2.25. The maximum atomic E-state index is 12.1. The number of thiophene rings is 1. The molecule has 3 aromatic rings. The van der Waals surface area contributed by atoms with Crippen LogP contribution in [-0.4, -0.2) is 28.8 Å². The third kappa shape index (κ3) is 4.41. The molecule has 3 heterocycles. The van der Waals surface area contributed by atoms with E-state index in [0.29, 0.717) is 22.2 Å². The average molecular weight is 428 g/mol. The summed E-state index contributed by atoms with van der Waals surface area (Å²) in [5.41, 5.74) is 3.39. The van der Waals surface area contributed by atoms with Crippen molar-refractivity contribution < 1.29 is 9.63 Å². The predicted octanol–water partition coefficient (Wildman–Crippen LogP) is 3.78. The van der Waals surface area contributed by atoms with Gasteiger partial charge in [0, 0.05) is 24.4 Å². The fourth-order valence-corrected chi connectivity index (χ4v) is 4.00. The molecule has 2 aromatic heterocycles. The first kappa shape index (κ1) is 19.4. The van der Waals surface area contributed by atoms with E-state index in [0.717, 1.165) is 22.5 Å². The standard InChI is InChI=1S/C21H18ClN3O3S/c1-13-8-9-25(20(26)10-13)15-4-2-14(3-5-15)17-11-16(28-24-17)12-23-21(27)18-6-7-19(22)29-18/h2-10,16H,11-12H2,1H3,(H,23,27). The molecule has 0 saturated carbocycles. The van der Waals surface area contributed by atoms with Gasteiger partial charge in [-0.25, -0.2) is 0 Å². The minimum absolute atomic E-state index is 0.0675. The number of oxime groups is 1. The number of aryl methyl sites for hydroxylation is 1. The molecular formula is C21H18ClN3O3S. The van der Waals surface area contributed by atoms with Gasteiger partial charge in [-0.3, -0.25) is 14.2 Å². The Morgan fingerprint density at radius 2 is 2.07 bits per heavy atom. The predicted molar refractivity (Wildman–Crippen MR) is 114 cm³/mol. The highest BCUT2D eigenvalue weighted by Crippen LogP contribution is 2.22. The van der Waals surface area contributed by atoms with Crippen LogP contribution in [-0.2, 0) is 4.84 Å². The van der Waals surface area contributed by atoms with Crippen LogP contribution in [0.3, 0.4) is 0 Å². The van der Waals surface area contributed by atoms with Gasteiger partial charge in [0.25, 0.3) is 11.5 Å². The first-order valence-electron chi connectivity index (χ1n) is 9.06. The molecule has 0 spiro atoms. The summed E-state index contributed by atoms with van der Waals surface area (Å²) < 4.78 is 2.17. The number of hydrogen-bond donors (Lipinski definition) is 1. The molecule has 0 radical (unpaired) electrons. The SMILES string of the molecule is Cc1ccn(-c2ccc(C3=NOC(CNC(=O)c4ccc(Cl)s4)C3)cc2)c(=O)c1. The smallest absolute Gasteiger partial charge is 0.261 e. The molecule has 8 heteroatoms. The first-order valence-corrected chi connectivity index (χ1v) is 10.3. The fourth-order valence-electron chi connectivity index (χ4n) is 3.04. The number of halogens is 1.